The van der Waals surface area contributed by atoms with Crippen LogP contribution in [0.1, 0.15) is 66.0 Å². The lowest BCUT2D eigenvalue weighted by molar-refractivity contribution is 0.0940. The maximum Gasteiger partial charge on any atom is 0.253 e. The Bertz CT molecular complexity index is 1460. The van der Waals surface area contributed by atoms with Gasteiger partial charge in [0.2, 0.25) is 11.8 Å². The summed E-state index contributed by atoms with van der Waals surface area (Å²) in [5.41, 5.74) is 3.29. The molecule has 1 fully saturated rings. The molecule has 6 rings (SSSR count). The number of rotatable bonds is 8. The number of nitrogens with one attached hydrogen (secondary N) is 3. The number of aliphatic hydroxyl groups excluding tert-OH is 1. The molecule has 188 valence electrons. The number of aromatic nitrogens is 4. The van der Waals surface area contributed by atoms with E-state index in [9.17, 15) is 9.90 Å². The van der Waals surface area contributed by atoms with Gasteiger partial charge >= 0.3 is 0 Å². The molecule has 4 N–H and O–H groups in total. The van der Waals surface area contributed by atoms with Crippen molar-refractivity contribution in [2.24, 2.45) is 0 Å². The fourth-order valence-electron chi connectivity index (χ4n) is 4.52. The molecule has 1 aliphatic heterocycles. The van der Waals surface area contributed by atoms with Crippen molar-refractivity contribution >= 4 is 23.4 Å². The van der Waals surface area contributed by atoms with Gasteiger partial charge in [0.05, 0.1) is 23.8 Å². The molecule has 37 heavy (non-hydrogen) atoms. The molecule has 0 radical (unpaired) electrons. The van der Waals surface area contributed by atoms with Crippen LogP contribution in [0.25, 0.3) is 11.5 Å². The molecule has 0 bridgehead atoms. The normalized spacial score (nSPS) is 16.7. The maximum absolute atomic E-state index is 12.3. The lowest BCUT2D eigenvalue weighted by atomic mass is 9.94. The quantitative estimate of drug-likeness (QED) is 0.281. The number of amides is 1. The van der Waals surface area contributed by atoms with Crippen LogP contribution in [0.3, 0.4) is 0 Å². The van der Waals surface area contributed by atoms with Gasteiger partial charge in [-0.05, 0) is 56.0 Å². The van der Waals surface area contributed by atoms with Gasteiger partial charge < -0.3 is 25.5 Å². The molecule has 3 heterocycles. The minimum absolute atomic E-state index is 0.0836. The molecule has 1 atom stereocenters. The first kappa shape index (κ1) is 23.1. The Balaban J connectivity index is 1.35. The Morgan fingerprint density at radius 1 is 1.14 bits per heavy atom. The largest absolute Gasteiger partial charge is 0.420 e. The zero-order valence-electron chi connectivity index (χ0n) is 20.5. The molecular formula is C27H27N7O3. The lowest BCUT2D eigenvalue weighted by Crippen LogP contribution is -2.32. The van der Waals surface area contributed by atoms with Gasteiger partial charge in [0.15, 0.2) is 0 Å². The summed E-state index contributed by atoms with van der Waals surface area (Å²) >= 11 is 0. The van der Waals surface area contributed by atoms with Gasteiger partial charge in [0, 0.05) is 23.4 Å². The smallest absolute Gasteiger partial charge is 0.253 e. The summed E-state index contributed by atoms with van der Waals surface area (Å²) in [6, 6.07) is 14.8. The number of nitrogens with zero attached hydrogens (tertiary/aromatic N) is 4. The summed E-state index contributed by atoms with van der Waals surface area (Å²) in [5, 5.41) is 28.1. The Morgan fingerprint density at radius 2 is 1.95 bits per heavy atom. The molecule has 4 aromatic rings. The Hall–Kier alpha value is -4.31. The second kappa shape index (κ2) is 8.97. The van der Waals surface area contributed by atoms with E-state index in [-0.39, 0.29) is 12.5 Å². The van der Waals surface area contributed by atoms with Gasteiger partial charge in [-0.25, -0.2) is 4.98 Å². The number of aliphatic hydroxyl groups is 1. The van der Waals surface area contributed by atoms with Crippen molar-refractivity contribution in [3.63, 3.8) is 0 Å². The molecule has 10 nitrogen and oxygen atoms in total. The minimum atomic E-state index is -0.469. The number of benzene rings is 2. The molecule has 10 heteroatoms. The van der Waals surface area contributed by atoms with Gasteiger partial charge in [0.25, 0.3) is 11.8 Å². The van der Waals surface area contributed by atoms with Gasteiger partial charge in [0.1, 0.15) is 5.82 Å². The van der Waals surface area contributed by atoms with E-state index in [0.717, 1.165) is 29.7 Å². The average Bonchev–Trinajstić information content (AvgIpc) is 3.58. The number of carbonyl (C=O) groups excluding carboxylic acids is 1. The third-order valence-corrected chi connectivity index (χ3v) is 6.70. The predicted molar refractivity (Wildman–Crippen MR) is 137 cm³/mol. The molecular weight excluding hydrogens is 470 g/mol. The van der Waals surface area contributed by atoms with E-state index in [2.05, 4.69) is 31.1 Å². The fourth-order valence-corrected chi connectivity index (χ4v) is 4.52. The molecule has 1 amide bonds. The van der Waals surface area contributed by atoms with Crippen LogP contribution >= 0.6 is 0 Å². The minimum Gasteiger partial charge on any atom is -0.420 e. The third kappa shape index (κ3) is 4.51. The lowest BCUT2D eigenvalue weighted by Gasteiger charge is -2.20. The van der Waals surface area contributed by atoms with E-state index in [1.165, 1.54) is 0 Å². The molecule has 2 aliphatic rings. The summed E-state index contributed by atoms with van der Waals surface area (Å²) < 4.78 is 5.93. The number of carbonyl (C=O) groups is 1. The first-order chi connectivity index (χ1) is 17.9. The number of hydrogen-bond acceptors (Lipinski definition) is 9. The molecule has 2 aromatic carbocycles. The molecule has 0 unspecified atom stereocenters. The number of anilines is 3. The van der Waals surface area contributed by atoms with Crippen LogP contribution in [-0.2, 0) is 5.54 Å². The highest BCUT2D eigenvalue weighted by Gasteiger charge is 2.35. The van der Waals surface area contributed by atoms with Crippen LogP contribution in [0.15, 0.2) is 59.1 Å². The maximum atomic E-state index is 12.3. The molecule has 0 saturated heterocycles. The first-order valence-corrected chi connectivity index (χ1v) is 12.3. The van der Waals surface area contributed by atoms with E-state index in [1.54, 1.807) is 12.3 Å². The summed E-state index contributed by atoms with van der Waals surface area (Å²) in [5.74, 6) is 1.97. The van der Waals surface area contributed by atoms with Crippen LogP contribution in [0.4, 0.5) is 17.5 Å². The zero-order chi connectivity index (χ0) is 25.6. The monoisotopic (exact) mass is 497 g/mol. The summed E-state index contributed by atoms with van der Waals surface area (Å²) in [4.78, 5) is 21.5. The summed E-state index contributed by atoms with van der Waals surface area (Å²) in [6.45, 7) is 3.79. The van der Waals surface area contributed by atoms with E-state index in [4.69, 9.17) is 9.40 Å². The molecule has 1 aliphatic carbocycles. The van der Waals surface area contributed by atoms with Crippen LogP contribution < -0.4 is 16.0 Å². The Kier molecular flexibility index (Phi) is 5.60. The molecule has 0 spiro atoms. The molecule has 2 aromatic heterocycles. The first-order valence-electron chi connectivity index (χ1n) is 12.3. The van der Waals surface area contributed by atoms with Crippen LogP contribution in [0.2, 0.25) is 0 Å². The second-order valence-corrected chi connectivity index (χ2v) is 9.93. The van der Waals surface area contributed by atoms with E-state index in [0.29, 0.717) is 40.6 Å². The highest BCUT2D eigenvalue weighted by atomic mass is 16.4. The van der Waals surface area contributed by atoms with Crippen molar-refractivity contribution < 1.29 is 14.3 Å². The highest BCUT2D eigenvalue weighted by molar-refractivity contribution is 6.00. The second-order valence-electron chi connectivity index (χ2n) is 9.93. The van der Waals surface area contributed by atoms with Crippen molar-refractivity contribution in [2.75, 3.05) is 17.2 Å². The van der Waals surface area contributed by atoms with Crippen LogP contribution in [0.5, 0.6) is 0 Å². The van der Waals surface area contributed by atoms with Gasteiger partial charge in [-0.2, -0.15) is 4.98 Å². The van der Waals surface area contributed by atoms with Crippen LogP contribution in [0, 0.1) is 0 Å². The van der Waals surface area contributed by atoms with Gasteiger partial charge in [-0.15, -0.1) is 10.2 Å². The fraction of sp³-hybridized carbons (Fsp3) is 0.296. The summed E-state index contributed by atoms with van der Waals surface area (Å²) in [6.07, 6.45) is 3.72. The van der Waals surface area contributed by atoms with Crippen molar-refractivity contribution in [1.29, 1.82) is 0 Å². The van der Waals surface area contributed by atoms with E-state index >= 15 is 0 Å². The number of fused-ring (bicyclic) bond motifs is 1. The van der Waals surface area contributed by atoms with Crippen molar-refractivity contribution in [2.45, 2.75) is 44.2 Å². The average molecular weight is 498 g/mol. The number of hydrogen-bond donors (Lipinski definition) is 4. The Labute approximate surface area is 213 Å². The predicted octanol–water partition coefficient (Wildman–Crippen LogP) is 4.27. The molecule has 1 saturated carbocycles. The van der Waals surface area contributed by atoms with Gasteiger partial charge in [-0.3, -0.25) is 4.79 Å². The van der Waals surface area contributed by atoms with Crippen molar-refractivity contribution in [3.8, 4) is 11.5 Å². The zero-order valence-corrected chi connectivity index (χ0v) is 20.5. The van der Waals surface area contributed by atoms with Gasteiger partial charge in [-0.1, -0.05) is 30.3 Å². The van der Waals surface area contributed by atoms with Crippen molar-refractivity contribution in [1.82, 2.24) is 25.5 Å². The van der Waals surface area contributed by atoms with Crippen molar-refractivity contribution in [3.05, 3.63) is 77.3 Å². The summed E-state index contributed by atoms with van der Waals surface area (Å²) in [7, 11) is 0. The Morgan fingerprint density at radius 3 is 2.70 bits per heavy atom. The van der Waals surface area contributed by atoms with E-state index < -0.39 is 11.6 Å². The topological polar surface area (TPSA) is 138 Å². The van der Waals surface area contributed by atoms with Crippen LogP contribution in [-0.4, -0.2) is 37.8 Å². The third-order valence-electron chi connectivity index (χ3n) is 6.70. The SMILES string of the molecule is CC1(C)NC(=O)c2ccc(Nc3ncc(-c4nnc(C5CC5)o4)c(N[C@H](CO)c4ccccc4)n3)cc21. The highest BCUT2D eigenvalue weighted by Crippen LogP contribution is 2.41. The standard InChI is InChI=1S/C27H27N7O3/c1-27(2)20-12-17(10-11-18(20)23(36)32-27)29-26-28-13-19(25-34-33-24(37-25)16-8-9-16)22(31-26)30-21(14-35)15-6-4-3-5-7-15/h3-7,10-13,16,21,35H,8-9,14H2,1-2H3,(H,32,36)(H2,28,29,30,31)/t21-/m1/s1. The van der Waals surface area contributed by atoms with E-state index in [1.807, 2.05) is 56.3 Å².